The highest BCUT2D eigenvalue weighted by Gasteiger charge is 2.16. The van der Waals surface area contributed by atoms with Gasteiger partial charge in [-0.25, -0.2) is 4.98 Å². The molecule has 0 radical (unpaired) electrons. The first-order valence-electron chi connectivity index (χ1n) is 8.98. The number of aromatic nitrogens is 7. The molecule has 2 N–H and O–H groups in total. The lowest BCUT2D eigenvalue weighted by atomic mass is 10.1. The number of pyridine rings is 3. The number of nitrogens with one attached hydrogen (secondary N) is 2. The van der Waals surface area contributed by atoms with Gasteiger partial charge in [-0.3, -0.25) is 20.1 Å². The molecule has 29 heavy (non-hydrogen) atoms. The number of fused-ring (bicyclic) bond motifs is 2. The van der Waals surface area contributed by atoms with Crippen LogP contribution in [0.2, 0.25) is 0 Å². The third-order valence-corrected chi connectivity index (χ3v) is 5.54. The predicted molar refractivity (Wildman–Crippen MR) is 113 cm³/mol. The van der Waals surface area contributed by atoms with Crippen molar-refractivity contribution in [3.63, 3.8) is 0 Å². The van der Waals surface area contributed by atoms with Gasteiger partial charge >= 0.3 is 0 Å². The van der Waals surface area contributed by atoms with Crippen molar-refractivity contribution in [3.05, 3.63) is 66.0 Å². The maximum Gasteiger partial charge on any atom is 0.159 e. The van der Waals surface area contributed by atoms with E-state index >= 15 is 0 Å². The lowest BCUT2D eigenvalue weighted by molar-refractivity contribution is 1.10. The van der Waals surface area contributed by atoms with Crippen LogP contribution in [0.15, 0.2) is 66.0 Å². The summed E-state index contributed by atoms with van der Waals surface area (Å²) in [6.45, 7) is 0. The van der Waals surface area contributed by atoms with Crippen molar-refractivity contribution < 1.29 is 0 Å². The van der Waals surface area contributed by atoms with Crippen LogP contribution >= 0.6 is 11.3 Å². The fourth-order valence-electron chi connectivity index (χ4n) is 3.44. The molecule has 6 rings (SSSR count). The second-order valence-electron chi connectivity index (χ2n) is 6.61. The van der Waals surface area contributed by atoms with E-state index in [1.165, 1.54) is 0 Å². The molecule has 0 spiro atoms. The van der Waals surface area contributed by atoms with Crippen molar-refractivity contribution in [2.75, 3.05) is 0 Å². The molecule has 0 aliphatic carbocycles. The molecule has 7 nitrogen and oxygen atoms in total. The van der Waals surface area contributed by atoms with Crippen LogP contribution in [-0.2, 0) is 0 Å². The molecule has 0 saturated carbocycles. The summed E-state index contributed by atoms with van der Waals surface area (Å²) in [6.07, 6.45) is 8.98. The molecule has 0 aromatic carbocycles. The van der Waals surface area contributed by atoms with Crippen molar-refractivity contribution in [1.29, 1.82) is 0 Å². The first-order valence-corrected chi connectivity index (χ1v) is 9.92. The van der Waals surface area contributed by atoms with Crippen LogP contribution in [-0.4, -0.2) is 35.1 Å². The topological polar surface area (TPSA) is 96.0 Å². The second kappa shape index (κ2) is 6.32. The minimum absolute atomic E-state index is 0.694. The molecule has 0 amide bonds. The fraction of sp³-hybridized carbons (Fsp3) is 0. The lowest BCUT2D eigenvalue weighted by Gasteiger charge is -2.00. The van der Waals surface area contributed by atoms with Gasteiger partial charge in [0, 0.05) is 35.1 Å². The molecule has 8 heteroatoms. The predicted octanol–water partition coefficient (Wildman–Crippen LogP) is 4.69. The summed E-state index contributed by atoms with van der Waals surface area (Å²) in [4.78, 5) is 21.3. The van der Waals surface area contributed by atoms with Crippen molar-refractivity contribution in [3.8, 4) is 33.9 Å². The molecular formula is C21H13N7S. The standard InChI is InChI=1S/C21H13N7S/c1-2-12(7-22-4-1)16-6-14-17(10-24-16)27-28-20(14)21-25-18-9-23-8-15(19(18)26-21)13-3-5-29-11-13/h1-11H,(H,25,26)(H,27,28). The molecule has 138 valence electrons. The molecule has 0 unspecified atom stereocenters. The lowest BCUT2D eigenvalue weighted by Crippen LogP contribution is -1.85. The quantitative estimate of drug-likeness (QED) is 0.453. The number of nitrogens with zero attached hydrogens (tertiary/aromatic N) is 5. The van der Waals surface area contributed by atoms with E-state index in [1.807, 2.05) is 24.4 Å². The zero-order valence-electron chi connectivity index (χ0n) is 15.0. The molecule has 0 aliphatic heterocycles. The van der Waals surface area contributed by atoms with Gasteiger partial charge in [0.1, 0.15) is 11.2 Å². The summed E-state index contributed by atoms with van der Waals surface area (Å²) in [5, 5.41) is 12.6. The van der Waals surface area contributed by atoms with Crippen molar-refractivity contribution >= 4 is 33.3 Å². The molecule has 0 atom stereocenters. The fourth-order valence-corrected chi connectivity index (χ4v) is 4.10. The van der Waals surface area contributed by atoms with E-state index < -0.39 is 0 Å². The van der Waals surface area contributed by atoms with Crippen LogP contribution in [0.1, 0.15) is 0 Å². The van der Waals surface area contributed by atoms with Gasteiger partial charge in [0.25, 0.3) is 0 Å². The van der Waals surface area contributed by atoms with Gasteiger partial charge in [-0.15, -0.1) is 0 Å². The molecule has 6 aromatic rings. The van der Waals surface area contributed by atoms with Crippen LogP contribution in [0.4, 0.5) is 0 Å². The summed E-state index contributed by atoms with van der Waals surface area (Å²) in [5.41, 5.74) is 7.27. The number of H-pyrrole nitrogens is 2. The summed E-state index contributed by atoms with van der Waals surface area (Å²) >= 11 is 1.65. The molecule has 6 heterocycles. The van der Waals surface area contributed by atoms with Gasteiger partial charge in [0.2, 0.25) is 0 Å². The van der Waals surface area contributed by atoms with Gasteiger partial charge in [0.15, 0.2) is 5.82 Å². The van der Waals surface area contributed by atoms with Crippen LogP contribution in [0, 0.1) is 0 Å². The van der Waals surface area contributed by atoms with Crippen molar-refractivity contribution in [1.82, 2.24) is 35.1 Å². The SMILES string of the molecule is c1cncc(-c2cc3c(-c4nc5c(-c6ccsc6)cncc5[nH]4)n[nH]c3cn2)c1. The average molecular weight is 395 g/mol. The van der Waals surface area contributed by atoms with Crippen molar-refractivity contribution in [2.24, 2.45) is 0 Å². The number of hydrogen-bond acceptors (Lipinski definition) is 6. The molecule has 6 aromatic heterocycles. The third-order valence-electron chi connectivity index (χ3n) is 4.86. The van der Waals surface area contributed by atoms with Gasteiger partial charge < -0.3 is 4.98 Å². The van der Waals surface area contributed by atoms with Gasteiger partial charge in [0.05, 0.1) is 29.1 Å². The monoisotopic (exact) mass is 395 g/mol. The Hall–Kier alpha value is -3.91. The maximum atomic E-state index is 4.86. The van der Waals surface area contributed by atoms with E-state index in [2.05, 4.69) is 47.0 Å². The Bertz CT molecular complexity index is 1450. The van der Waals surface area contributed by atoms with Gasteiger partial charge in [-0.2, -0.15) is 16.4 Å². The molecule has 0 bridgehead atoms. The second-order valence-corrected chi connectivity index (χ2v) is 7.39. The number of imidazole rings is 1. The van der Waals surface area contributed by atoms with Crippen LogP contribution in [0.25, 0.3) is 55.8 Å². The van der Waals surface area contributed by atoms with Gasteiger partial charge in [-0.1, -0.05) is 0 Å². The maximum absolute atomic E-state index is 4.86. The van der Waals surface area contributed by atoms with Gasteiger partial charge in [-0.05, 0) is 40.6 Å². The molecule has 0 saturated heterocycles. The average Bonchev–Trinajstić information content (AvgIpc) is 3.52. The van der Waals surface area contributed by atoms with E-state index in [0.29, 0.717) is 5.82 Å². The largest absolute Gasteiger partial charge is 0.335 e. The Labute approximate surface area is 168 Å². The van der Waals surface area contributed by atoms with E-state index in [-0.39, 0.29) is 0 Å². The summed E-state index contributed by atoms with van der Waals surface area (Å²) in [5.74, 6) is 0.694. The normalized spacial score (nSPS) is 11.4. The summed E-state index contributed by atoms with van der Waals surface area (Å²) < 4.78 is 0. The first-order chi connectivity index (χ1) is 14.4. The van der Waals surface area contributed by atoms with E-state index in [4.69, 9.17) is 4.98 Å². The number of thiophene rings is 1. The third kappa shape index (κ3) is 2.61. The Morgan fingerprint density at radius 2 is 1.93 bits per heavy atom. The number of rotatable bonds is 3. The first kappa shape index (κ1) is 16.1. The van der Waals surface area contributed by atoms with E-state index in [9.17, 15) is 0 Å². The van der Waals surface area contributed by atoms with Crippen LogP contribution < -0.4 is 0 Å². The molecule has 0 fully saturated rings. The van der Waals surface area contributed by atoms with Crippen LogP contribution in [0.5, 0.6) is 0 Å². The highest BCUT2D eigenvalue weighted by atomic mass is 32.1. The van der Waals surface area contributed by atoms with Crippen molar-refractivity contribution in [2.45, 2.75) is 0 Å². The smallest absolute Gasteiger partial charge is 0.159 e. The molecule has 0 aliphatic rings. The highest BCUT2D eigenvalue weighted by molar-refractivity contribution is 7.08. The van der Waals surface area contributed by atoms with Crippen LogP contribution in [0.3, 0.4) is 0 Å². The van der Waals surface area contributed by atoms with E-state index in [0.717, 1.165) is 50.0 Å². The zero-order valence-corrected chi connectivity index (χ0v) is 15.8. The zero-order chi connectivity index (χ0) is 19.2. The number of hydrogen-bond donors (Lipinski definition) is 2. The summed E-state index contributed by atoms with van der Waals surface area (Å²) in [7, 11) is 0. The minimum atomic E-state index is 0.694. The Balaban J connectivity index is 1.53. The summed E-state index contributed by atoms with van der Waals surface area (Å²) in [6, 6.07) is 7.97. The Morgan fingerprint density at radius 3 is 2.79 bits per heavy atom. The Morgan fingerprint density at radius 1 is 0.931 bits per heavy atom. The minimum Gasteiger partial charge on any atom is -0.335 e. The Kier molecular flexibility index (Phi) is 3.50. The molecular weight excluding hydrogens is 382 g/mol. The highest BCUT2D eigenvalue weighted by Crippen LogP contribution is 2.32. The number of aromatic amines is 2. The van der Waals surface area contributed by atoms with E-state index in [1.54, 1.807) is 36.1 Å².